The van der Waals surface area contributed by atoms with E-state index in [0.717, 1.165) is 16.9 Å². The summed E-state index contributed by atoms with van der Waals surface area (Å²) in [5, 5.41) is 0.710. The lowest BCUT2D eigenvalue weighted by Gasteiger charge is -2.17. The second-order valence-corrected chi connectivity index (χ2v) is 4.97. The molecule has 0 spiro atoms. The van der Waals surface area contributed by atoms with Crippen LogP contribution in [0.2, 0.25) is 5.02 Å². The van der Waals surface area contributed by atoms with Gasteiger partial charge in [-0.15, -0.1) is 11.6 Å². The molecule has 2 rings (SSSR count). The Kier molecular flexibility index (Phi) is 2.65. The number of alkyl halides is 1. The fourth-order valence-electron chi connectivity index (χ4n) is 1.37. The minimum absolute atomic E-state index is 0.146. The van der Waals surface area contributed by atoms with Crippen molar-refractivity contribution in [2.45, 2.75) is 19.3 Å². The smallest absolute Gasteiger partial charge is 0.114 e. The molecule has 0 atom stereocenters. The summed E-state index contributed by atoms with van der Waals surface area (Å²) in [6.07, 6.45) is 0. The fourth-order valence-corrected chi connectivity index (χ4v) is 1.66. The number of aromatic amines is 1. The molecule has 0 saturated heterocycles. The SMILES string of the molecule is CC(C)(CCl)c1nc2ccc(Cl)cc2[nH]1. The summed E-state index contributed by atoms with van der Waals surface area (Å²) in [6.45, 7) is 4.11. The Labute approximate surface area is 98.6 Å². The molecule has 0 saturated carbocycles. The number of fused-ring (bicyclic) bond motifs is 1. The van der Waals surface area contributed by atoms with E-state index in [1.807, 2.05) is 18.2 Å². The van der Waals surface area contributed by atoms with Crippen LogP contribution in [0.4, 0.5) is 0 Å². The zero-order valence-corrected chi connectivity index (χ0v) is 10.2. The second-order valence-electron chi connectivity index (χ2n) is 4.26. The normalized spacial score (nSPS) is 12.3. The molecule has 0 fully saturated rings. The van der Waals surface area contributed by atoms with Gasteiger partial charge in [-0.2, -0.15) is 0 Å². The van der Waals surface area contributed by atoms with Crippen molar-refractivity contribution < 1.29 is 0 Å². The van der Waals surface area contributed by atoms with E-state index in [1.165, 1.54) is 0 Å². The van der Waals surface area contributed by atoms with Crippen molar-refractivity contribution in [3.05, 3.63) is 29.0 Å². The molecule has 0 radical (unpaired) electrons. The summed E-state index contributed by atoms with van der Waals surface area (Å²) >= 11 is 11.8. The minimum atomic E-state index is -0.146. The van der Waals surface area contributed by atoms with Gasteiger partial charge in [0.1, 0.15) is 5.82 Å². The van der Waals surface area contributed by atoms with E-state index < -0.39 is 0 Å². The average Bonchev–Trinajstić information content (AvgIpc) is 2.61. The predicted octanol–water partition coefficient (Wildman–Crippen LogP) is 3.73. The summed E-state index contributed by atoms with van der Waals surface area (Å²) in [7, 11) is 0. The quantitative estimate of drug-likeness (QED) is 0.800. The van der Waals surface area contributed by atoms with Gasteiger partial charge in [0, 0.05) is 16.3 Å². The molecule has 4 heteroatoms. The van der Waals surface area contributed by atoms with E-state index in [2.05, 4.69) is 23.8 Å². The predicted molar refractivity (Wildman–Crippen MR) is 64.8 cm³/mol. The minimum Gasteiger partial charge on any atom is -0.341 e. The zero-order chi connectivity index (χ0) is 11.1. The van der Waals surface area contributed by atoms with E-state index in [9.17, 15) is 0 Å². The Bertz CT molecular complexity index is 488. The monoisotopic (exact) mass is 242 g/mol. The van der Waals surface area contributed by atoms with Crippen LogP contribution in [0.1, 0.15) is 19.7 Å². The Hall–Kier alpha value is -0.730. The number of halogens is 2. The lowest BCUT2D eigenvalue weighted by atomic mass is 9.96. The van der Waals surface area contributed by atoms with Crippen LogP contribution in [0.15, 0.2) is 18.2 Å². The molecule has 0 aliphatic carbocycles. The van der Waals surface area contributed by atoms with Crippen molar-refractivity contribution >= 4 is 34.2 Å². The van der Waals surface area contributed by atoms with Crippen molar-refractivity contribution in [3.8, 4) is 0 Å². The maximum absolute atomic E-state index is 5.90. The highest BCUT2D eigenvalue weighted by Gasteiger charge is 2.23. The summed E-state index contributed by atoms with van der Waals surface area (Å²) < 4.78 is 0. The number of nitrogens with one attached hydrogen (secondary N) is 1. The number of rotatable bonds is 2. The number of hydrogen-bond acceptors (Lipinski definition) is 1. The molecular formula is C11H12Cl2N2. The first kappa shape index (κ1) is 10.8. The molecule has 0 unspecified atom stereocenters. The molecule has 1 aromatic carbocycles. The zero-order valence-electron chi connectivity index (χ0n) is 8.64. The summed E-state index contributed by atoms with van der Waals surface area (Å²) in [5.41, 5.74) is 1.73. The van der Waals surface area contributed by atoms with Gasteiger partial charge < -0.3 is 4.98 Å². The molecule has 0 bridgehead atoms. The molecule has 2 nitrogen and oxygen atoms in total. The van der Waals surface area contributed by atoms with Gasteiger partial charge in [-0.3, -0.25) is 0 Å². The Morgan fingerprint density at radius 3 is 2.80 bits per heavy atom. The molecule has 1 N–H and O–H groups in total. The number of nitrogens with zero attached hydrogens (tertiary/aromatic N) is 1. The molecule has 80 valence electrons. The highest BCUT2D eigenvalue weighted by atomic mass is 35.5. The number of hydrogen-bond donors (Lipinski definition) is 1. The van der Waals surface area contributed by atoms with Gasteiger partial charge in [-0.05, 0) is 18.2 Å². The third-order valence-corrected chi connectivity index (χ3v) is 3.32. The molecule has 0 aliphatic heterocycles. The largest absolute Gasteiger partial charge is 0.341 e. The Balaban J connectivity index is 2.56. The molecule has 1 heterocycles. The van der Waals surface area contributed by atoms with Crippen LogP contribution in [-0.2, 0) is 5.41 Å². The van der Waals surface area contributed by atoms with Gasteiger partial charge in [0.15, 0.2) is 0 Å². The van der Waals surface area contributed by atoms with Gasteiger partial charge in [0.2, 0.25) is 0 Å². The van der Waals surface area contributed by atoms with Gasteiger partial charge >= 0.3 is 0 Å². The molecule has 15 heavy (non-hydrogen) atoms. The first-order valence-electron chi connectivity index (χ1n) is 4.75. The van der Waals surface area contributed by atoms with E-state index in [1.54, 1.807) is 0 Å². The Morgan fingerprint density at radius 1 is 1.40 bits per heavy atom. The van der Waals surface area contributed by atoms with E-state index in [0.29, 0.717) is 10.9 Å². The third kappa shape index (κ3) is 1.97. The standard InChI is InChI=1S/C11H12Cl2N2/c1-11(2,6-12)10-14-8-4-3-7(13)5-9(8)15-10/h3-5H,6H2,1-2H3,(H,14,15). The van der Waals surface area contributed by atoms with Crippen LogP contribution in [0.5, 0.6) is 0 Å². The van der Waals surface area contributed by atoms with Crippen LogP contribution in [0, 0.1) is 0 Å². The van der Waals surface area contributed by atoms with Gasteiger partial charge in [-0.25, -0.2) is 4.98 Å². The number of aromatic nitrogens is 2. The molecule has 2 aromatic rings. The van der Waals surface area contributed by atoms with Crippen molar-refractivity contribution in [3.63, 3.8) is 0 Å². The van der Waals surface area contributed by atoms with Crippen LogP contribution in [-0.4, -0.2) is 15.8 Å². The average molecular weight is 243 g/mol. The maximum Gasteiger partial charge on any atom is 0.114 e. The van der Waals surface area contributed by atoms with Crippen molar-refractivity contribution in [1.29, 1.82) is 0 Å². The van der Waals surface area contributed by atoms with E-state index in [-0.39, 0.29) is 5.41 Å². The lowest BCUT2D eigenvalue weighted by Crippen LogP contribution is -2.20. The summed E-state index contributed by atoms with van der Waals surface area (Å²) in [6, 6.07) is 5.61. The highest BCUT2D eigenvalue weighted by Crippen LogP contribution is 2.25. The van der Waals surface area contributed by atoms with Crippen molar-refractivity contribution in [2.75, 3.05) is 5.88 Å². The number of H-pyrrole nitrogens is 1. The van der Waals surface area contributed by atoms with Crippen LogP contribution in [0.25, 0.3) is 11.0 Å². The van der Waals surface area contributed by atoms with E-state index >= 15 is 0 Å². The van der Waals surface area contributed by atoms with Crippen LogP contribution < -0.4 is 0 Å². The van der Waals surface area contributed by atoms with Crippen LogP contribution >= 0.6 is 23.2 Å². The van der Waals surface area contributed by atoms with Crippen LogP contribution in [0.3, 0.4) is 0 Å². The first-order chi connectivity index (χ1) is 7.03. The first-order valence-corrected chi connectivity index (χ1v) is 5.66. The fraction of sp³-hybridized carbons (Fsp3) is 0.364. The Morgan fingerprint density at radius 2 is 2.13 bits per heavy atom. The topological polar surface area (TPSA) is 28.7 Å². The van der Waals surface area contributed by atoms with Gasteiger partial charge in [0.05, 0.1) is 11.0 Å². The lowest BCUT2D eigenvalue weighted by molar-refractivity contribution is 0.562. The highest BCUT2D eigenvalue weighted by molar-refractivity contribution is 6.31. The third-order valence-electron chi connectivity index (χ3n) is 2.42. The number of benzene rings is 1. The van der Waals surface area contributed by atoms with Crippen molar-refractivity contribution in [1.82, 2.24) is 9.97 Å². The second kappa shape index (κ2) is 3.69. The molecule has 0 aliphatic rings. The molecule has 1 aromatic heterocycles. The maximum atomic E-state index is 5.90. The van der Waals surface area contributed by atoms with Gasteiger partial charge in [0.25, 0.3) is 0 Å². The van der Waals surface area contributed by atoms with Gasteiger partial charge in [-0.1, -0.05) is 25.4 Å². The summed E-state index contributed by atoms with van der Waals surface area (Å²) in [4.78, 5) is 7.75. The van der Waals surface area contributed by atoms with E-state index in [4.69, 9.17) is 23.2 Å². The molecular weight excluding hydrogens is 231 g/mol. The van der Waals surface area contributed by atoms with Crippen molar-refractivity contribution in [2.24, 2.45) is 0 Å². The number of imidazole rings is 1. The summed E-state index contributed by atoms with van der Waals surface area (Å²) in [5.74, 6) is 1.43. The molecule has 0 amide bonds.